The minimum atomic E-state index is -1.40. The lowest BCUT2D eigenvalue weighted by Gasteiger charge is -2.40. The van der Waals surface area contributed by atoms with Gasteiger partial charge in [0.2, 0.25) is 0 Å². The first kappa shape index (κ1) is 15.8. The fraction of sp³-hybridized carbons (Fsp3) is 0.818. The molecule has 1 rings (SSSR count). The maximum absolute atomic E-state index is 10.9. The number of aliphatic hydroxyl groups excluding tert-OH is 2. The quantitative estimate of drug-likeness (QED) is 0.602. The minimum Gasteiger partial charge on any atom is -0.463 e. The van der Waals surface area contributed by atoms with Gasteiger partial charge in [-0.1, -0.05) is 0 Å². The molecule has 0 radical (unpaired) electrons. The molecule has 8 nitrogen and oxygen atoms in total. The fourth-order valence-electron chi connectivity index (χ4n) is 1.75. The molecule has 0 amide bonds. The number of carbonyl (C=O) groups is 2. The van der Waals surface area contributed by atoms with Crippen LogP contribution in [0.5, 0.6) is 0 Å². The highest BCUT2D eigenvalue weighted by Crippen LogP contribution is 2.24. The highest BCUT2D eigenvalue weighted by Gasteiger charge is 2.47. The molecule has 1 aliphatic rings. The van der Waals surface area contributed by atoms with Crippen LogP contribution in [0.25, 0.3) is 0 Å². The lowest BCUT2D eigenvalue weighted by molar-refractivity contribution is -0.298. The van der Waals surface area contributed by atoms with Crippen molar-refractivity contribution in [2.45, 2.75) is 44.6 Å². The second-order valence-corrected chi connectivity index (χ2v) is 4.14. The Labute approximate surface area is 110 Å². The van der Waals surface area contributed by atoms with E-state index < -0.39 is 42.6 Å². The van der Waals surface area contributed by atoms with Gasteiger partial charge in [0.15, 0.2) is 12.4 Å². The number of methoxy groups -OCH3 is 1. The van der Waals surface area contributed by atoms with E-state index in [9.17, 15) is 19.8 Å². The van der Waals surface area contributed by atoms with Crippen molar-refractivity contribution in [3.8, 4) is 0 Å². The smallest absolute Gasteiger partial charge is 0.303 e. The van der Waals surface area contributed by atoms with Crippen LogP contribution in [-0.2, 0) is 28.5 Å². The standard InChI is InChI=1S/C11H18O8/c1-5(12)17-4-7-8(14)9(15)10(18-6(2)13)11(16-3)19-7/h7-11,14-15H,4H2,1-3H3/t7-,8?,9+,10+,11+/m1/s1. The van der Waals surface area contributed by atoms with Crippen LogP contribution >= 0.6 is 0 Å². The maximum atomic E-state index is 10.9. The van der Waals surface area contributed by atoms with Crippen LogP contribution in [0.1, 0.15) is 13.8 Å². The molecule has 0 aliphatic carbocycles. The summed E-state index contributed by atoms with van der Waals surface area (Å²) in [5.41, 5.74) is 0. The zero-order chi connectivity index (χ0) is 14.6. The van der Waals surface area contributed by atoms with Crippen molar-refractivity contribution < 1.29 is 38.7 Å². The zero-order valence-corrected chi connectivity index (χ0v) is 10.9. The molecule has 0 bridgehead atoms. The van der Waals surface area contributed by atoms with Crippen LogP contribution in [-0.4, -0.2) is 66.6 Å². The number of hydrogen-bond acceptors (Lipinski definition) is 8. The molecular weight excluding hydrogens is 260 g/mol. The first-order chi connectivity index (χ1) is 8.86. The summed E-state index contributed by atoms with van der Waals surface area (Å²) in [4.78, 5) is 21.6. The second kappa shape index (κ2) is 6.80. The van der Waals surface area contributed by atoms with E-state index in [2.05, 4.69) is 0 Å². The molecule has 0 aromatic heterocycles. The van der Waals surface area contributed by atoms with Gasteiger partial charge in [-0.15, -0.1) is 0 Å². The van der Waals surface area contributed by atoms with Crippen molar-refractivity contribution in [2.75, 3.05) is 13.7 Å². The number of aliphatic hydroxyl groups is 2. The summed E-state index contributed by atoms with van der Waals surface area (Å²) in [6.07, 6.45) is -5.93. The van der Waals surface area contributed by atoms with E-state index in [0.29, 0.717) is 0 Å². The summed E-state index contributed by atoms with van der Waals surface area (Å²) in [6, 6.07) is 0. The third kappa shape index (κ3) is 4.13. The number of ether oxygens (including phenoxy) is 4. The van der Waals surface area contributed by atoms with Crippen molar-refractivity contribution in [3.63, 3.8) is 0 Å². The van der Waals surface area contributed by atoms with E-state index in [4.69, 9.17) is 18.9 Å². The van der Waals surface area contributed by atoms with Gasteiger partial charge in [0.25, 0.3) is 0 Å². The van der Waals surface area contributed by atoms with Crippen LogP contribution in [0.3, 0.4) is 0 Å². The molecule has 1 aliphatic heterocycles. The maximum Gasteiger partial charge on any atom is 0.303 e. The van der Waals surface area contributed by atoms with Crippen LogP contribution < -0.4 is 0 Å². The summed E-state index contributed by atoms with van der Waals surface area (Å²) < 4.78 is 19.8. The molecular formula is C11H18O8. The Hall–Kier alpha value is -1.22. The number of esters is 2. The highest BCUT2D eigenvalue weighted by atomic mass is 16.7. The Kier molecular flexibility index (Phi) is 5.67. The van der Waals surface area contributed by atoms with Gasteiger partial charge in [0, 0.05) is 21.0 Å². The van der Waals surface area contributed by atoms with Crippen LogP contribution in [0.2, 0.25) is 0 Å². The minimum absolute atomic E-state index is 0.236. The molecule has 0 aromatic carbocycles. The number of hydrogen-bond donors (Lipinski definition) is 2. The van der Waals surface area contributed by atoms with E-state index in [-0.39, 0.29) is 6.61 Å². The Morgan fingerprint density at radius 1 is 1.16 bits per heavy atom. The number of carbonyl (C=O) groups excluding carboxylic acids is 2. The lowest BCUT2D eigenvalue weighted by Crippen LogP contribution is -2.60. The third-order valence-corrected chi connectivity index (χ3v) is 2.63. The van der Waals surface area contributed by atoms with Gasteiger partial charge in [-0.05, 0) is 0 Å². The van der Waals surface area contributed by atoms with E-state index in [1.165, 1.54) is 14.0 Å². The van der Waals surface area contributed by atoms with E-state index >= 15 is 0 Å². The summed E-state index contributed by atoms with van der Waals surface area (Å²) in [7, 11) is 1.30. The van der Waals surface area contributed by atoms with E-state index in [1.54, 1.807) is 0 Å². The summed E-state index contributed by atoms with van der Waals surface area (Å²) in [5.74, 6) is -1.18. The van der Waals surface area contributed by atoms with Crippen molar-refractivity contribution >= 4 is 11.9 Å². The molecule has 0 aromatic rings. The topological polar surface area (TPSA) is 112 Å². The molecule has 0 spiro atoms. The largest absolute Gasteiger partial charge is 0.463 e. The van der Waals surface area contributed by atoms with E-state index in [1.807, 2.05) is 0 Å². The first-order valence-corrected chi connectivity index (χ1v) is 5.71. The Bertz CT molecular complexity index is 327. The summed E-state index contributed by atoms with van der Waals surface area (Å²) >= 11 is 0. The van der Waals surface area contributed by atoms with Crippen LogP contribution in [0.15, 0.2) is 0 Å². The van der Waals surface area contributed by atoms with Gasteiger partial charge in [-0.2, -0.15) is 0 Å². The normalized spacial score (nSPS) is 34.7. The molecule has 8 heteroatoms. The average Bonchev–Trinajstić information content (AvgIpc) is 2.33. The SMILES string of the molecule is CO[C@H]1O[C@H](COC(C)=O)C(O)[C@H](O)[C@@H]1OC(C)=O. The van der Waals surface area contributed by atoms with Crippen molar-refractivity contribution in [1.82, 2.24) is 0 Å². The molecule has 110 valence electrons. The molecule has 19 heavy (non-hydrogen) atoms. The van der Waals surface area contributed by atoms with Gasteiger partial charge in [0.05, 0.1) is 0 Å². The summed E-state index contributed by atoms with van der Waals surface area (Å²) in [6.45, 7) is 2.14. The van der Waals surface area contributed by atoms with Gasteiger partial charge in [-0.25, -0.2) is 0 Å². The monoisotopic (exact) mass is 278 g/mol. The Balaban J connectivity index is 2.72. The van der Waals surface area contributed by atoms with Gasteiger partial charge in [-0.3, -0.25) is 9.59 Å². The summed E-state index contributed by atoms with van der Waals surface area (Å²) in [5, 5.41) is 19.7. The predicted octanol–water partition coefficient (Wildman–Crippen LogP) is -1.43. The predicted molar refractivity (Wildman–Crippen MR) is 59.9 cm³/mol. The molecule has 1 heterocycles. The molecule has 1 unspecified atom stereocenters. The van der Waals surface area contributed by atoms with E-state index in [0.717, 1.165) is 6.92 Å². The van der Waals surface area contributed by atoms with Gasteiger partial charge >= 0.3 is 11.9 Å². The average molecular weight is 278 g/mol. The highest BCUT2D eigenvalue weighted by molar-refractivity contribution is 5.66. The van der Waals surface area contributed by atoms with Gasteiger partial charge < -0.3 is 29.2 Å². The Morgan fingerprint density at radius 3 is 2.26 bits per heavy atom. The van der Waals surface area contributed by atoms with Crippen molar-refractivity contribution in [3.05, 3.63) is 0 Å². The second-order valence-electron chi connectivity index (χ2n) is 4.14. The number of rotatable bonds is 4. The Morgan fingerprint density at radius 2 is 1.79 bits per heavy atom. The van der Waals surface area contributed by atoms with Crippen molar-refractivity contribution in [1.29, 1.82) is 0 Å². The van der Waals surface area contributed by atoms with Gasteiger partial charge in [0.1, 0.15) is 24.9 Å². The zero-order valence-electron chi connectivity index (χ0n) is 10.9. The molecule has 0 saturated carbocycles. The molecule has 1 fully saturated rings. The van der Waals surface area contributed by atoms with Crippen LogP contribution in [0, 0.1) is 0 Å². The van der Waals surface area contributed by atoms with Crippen molar-refractivity contribution in [2.24, 2.45) is 0 Å². The van der Waals surface area contributed by atoms with Crippen LogP contribution in [0.4, 0.5) is 0 Å². The fourth-order valence-corrected chi connectivity index (χ4v) is 1.75. The third-order valence-electron chi connectivity index (χ3n) is 2.63. The molecule has 2 N–H and O–H groups in total. The lowest BCUT2D eigenvalue weighted by atomic mass is 9.99. The molecule has 1 saturated heterocycles. The molecule has 5 atom stereocenters. The first-order valence-electron chi connectivity index (χ1n) is 5.71.